The first kappa shape index (κ1) is 16.5. The Kier molecular flexibility index (Phi) is 5.11. The first-order valence-electron chi connectivity index (χ1n) is 7.81. The molecule has 120 valence electrons. The summed E-state index contributed by atoms with van der Waals surface area (Å²) < 4.78 is 6.55. The van der Waals surface area contributed by atoms with Gasteiger partial charge in [-0.3, -0.25) is 4.79 Å². The van der Waals surface area contributed by atoms with E-state index in [4.69, 9.17) is 4.74 Å². The summed E-state index contributed by atoms with van der Waals surface area (Å²) in [5.74, 6) is 0.742. The Morgan fingerprint density at radius 2 is 1.83 bits per heavy atom. The zero-order valence-corrected chi connectivity index (χ0v) is 14.9. The van der Waals surface area contributed by atoms with Crippen LogP contribution in [0.5, 0.6) is 5.75 Å². The molecular weight excluding hydrogens is 364 g/mol. The molecule has 0 aliphatic carbocycles. The number of carbonyl (C=O) groups is 1. The number of hydrogen-bond donors (Lipinski definition) is 0. The van der Waals surface area contributed by atoms with Gasteiger partial charge in [-0.1, -0.05) is 52.3 Å². The highest BCUT2D eigenvalue weighted by Gasteiger charge is 2.05. The zero-order chi connectivity index (χ0) is 16.9. The van der Waals surface area contributed by atoms with Crippen molar-refractivity contribution in [2.45, 2.75) is 6.92 Å². The molecule has 0 spiro atoms. The molecule has 2 nitrogen and oxygen atoms in total. The number of fused-ring (bicyclic) bond motifs is 1. The van der Waals surface area contributed by atoms with E-state index in [1.807, 2.05) is 67.6 Å². The van der Waals surface area contributed by atoms with Crippen LogP contribution in [0.1, 0.15) is 22.8 Å². The van der Waals surface area contributed by atoms with Crippen molar-refractivity contribution in [1.29, 1.82) is 0 Å². The van der Waals surface area contributed by atoms with Crippen LogP contribution in [0, 0.1) is 0 Å². The SMILES string of the molecule is CCOc1ccc(Br)cc1/C=C/C(=O)c1ccc2ccccc2c1. The maximum absolute atomic E-state index is 12.5. The molecule has 0 N–H and O–H groups in total. The highest BCUT2D eigenvalue weighted by Crippen LogP contribution is 2.25. The number of carbonyl (C=O) groups excluding carboxylic acids is 1. The molecule has 3 rings (SSSR count). The van der Waals surface area contributed by atoms with Crippen LogP contribution in [0.15, 0.2) is 71.2 Å². The molecule has 3 heteroatoms. The molecule has 0 heterocycles. The number of halogens is 1. The van der Waals surface area contributed by atoms with Crippen molar-refractivity contribution in [2.24, 2.45) is 0 Å². The van der Waals surface area contributed by atoms with Gasteiger partial charge in [-0.15, -0.1) is 0 Å². The van der Waals surface area contributed by atoms with Crippen molar-refractivity contribution < 1.29 is 9.53 Å². The number of benzene rings is 3. The molecule has 0 atom stereocenters. The average molecular weight is 381 g/mol. The van der Waals surface area contributed by atoms with E-state index >= 15 is 0 Å². The Morgan fingerprint density at radius 1 is 1.04 bits per heavy atom. The van der Waals surface area contributed by atoms with E-state index in [0.29, 0.717) is 12.2 Å². The first-order chi connectivity index (χ1) is 11.7. The van der Waals surface area contributed by atoms with Gasteiger partial charge in [0.25, 0.3) is 0 Å². The minimum absolute atomic E-state index is 0.0248. The summed E-state index contributed by atoms with van der Waals surface area (Å²) >= 11 is 3.45. The second-order valence-corrected chi connectivity index (χ2v) is 6.29. The lowest BCUT2D eigenvalue weighted by atomic mass is 10.0. The van der Waals surface area contributed by atoms with E-state index in [2.05, 4.69) is 15.9 Å². The van der Waals surface area contributed by atoms with E-state index in [1.54, 1.807) is 12.2 Å². The molecule has 0 unspecified atom stereocenters. The van der Waals surface area contributed by atoms with Gasteiger partial charge in [0.2, 0.25) is 0 Å². The molecule has 0 aliphatic rings. The third-order valence-corrected chi connectivity index (χ3v) is 4.21. The lowest BCUT2D eigenvalue weighted by molar-refractivity contribution is 0.104. The second kappa shape index (κ2) is 7.45. The van der Waals surface area contributed by atoms with Crippen molar-refractivity contribution >= 4 is 38.6 Å². The monoisotopic (exact) mass is 380 g/mol. The number of ketones is 1. The van der Waals surface area contributed by atoms with Crippen LogP contribution in [0.4, 0.5) is 0 Å². The summed E-state index contributed by atoms with van der Waals surface area (Å²) in [4.78, 5) is 12.5. The fourth-order valence-electron chi connectivity index (χ4n) is 2.54. The van der Waals surface area contributed by atoms with E-state index in [1.165, 1.54) is 0 Å². The molecule has 0 aliphatic heterocycles. The smallest absolute Gasteiger partial charge is 0.185 e. The molecule has 24 heavy (non-hydrogen) atoms. The van der Waals surface area contributed by atoms with Crippen molar-refractivity contribution in [3.05, 3.63) is 82.3 Å². The molecule has 3 aromatic rings. The summed E-state index contributed by atoms with van der Waals surface area (Å²) in [6.07, 6.45) is 3.39. The Morgan fingerprint density at radius 3 is 2.62 bits per heavy atom. The van der Waals surface area contributed by atoms with Crippen molar-refractivity contribution in [2.75, 3.05) is 6.61 Å². The molecule has 0 amide bonds. The third-order valence-electron chi connectivity index (χ3n) is 3.72. The van der Waals surface area contributed by atoms with Gasteiger partial charge >= 0.3 is 0 Å². The Bertz CT molecular complexity index is 913. The van der Waals surface area contributed by atoms with Crippen LogP contribution in [0.25, 0.3) is 16.8 Å². The summed E-state index contributed by atoms with van der Waals surface area (Å²) in [7, 11) is 0. The van der Waals surface area contributed by atoms with Gasteiger partial charge in [-0.25, -0.2) is 0 Å². The van der Waals surface area contributed by atoms with E-state index in [0.717, 1.165) is 26.6 Å². The lowest BCUT2D eigenvalue weighted by Crippen LogP contribution is -1.96. The summed E-state index contributed by atoms with van der Waals surface area (Å²) in [6, 6.07) is 19.5. The fourth-order valence-corrected chi connectivity index (χ4v) is 2.92. The highest BCUT2D eigenvalue weighted by molar-refractivity contribution is 9.10. The number of allylic oxidation sites excluding steroid dienone is 1. The maximum atomic E-state index is 12.5. The van der Waals surface area contributed by atoms with Crippen LogP contribution in [0.3, 0.4) is 0 Å². The molecular formula is C21H17BrO2. The Labute approximate surface area is 149 Å². The normalized spacial score (nSPS) is 11.1. The topological polar surface area (TPSA) is 26.3 Å². The van der Waals surface area contributed by atoms with Gasteiger partial charge in [0, 0.05) is 15.6 Å². The summed E-state index contributed by atoms with van der Waals surface area (Å²) in [6.45, 7) is 2.52. The highest BCUT2D eigenvalue weighted by atomic mass is 79.9. The van der Waals surface area contributed by atoms with E-state index in [9.17, 15) is 4.79 Å². The Hall–Kier alpha value is -2.39. The first-order valence-corrected chi connectivity index (χ1v) is 8.60. The molecule has 0 saturated carbocycles. The van der Waals surface area contributed by atoms with Crippen molar-refractivity contribution in [1.82, 2.24) is 0 Å². The Balaban J connectivity index is 1.88. The minimum Gasteiger partial charge on any atom is -0.493 e. The van der Waals surface area contributed by atoms with Crippen molar-refractivity contribution in [3.8, 4) is 5.75 Å². The van der Waals surface area contributed by atoms with Gasteiger partial charge in [-0.2, -0.15) is 0 Å². The second-order valence-electron chi connectivity index (χ2n) is 5.37. The third kappa shape index (κ3) is 3.74. The van der Waals surface area contributed by atoms with E-state index < -0.39 is 0 Å². The van der Waals surface area contributed by atoms with Crippen LogP contribution in [-0.4, -0.2) is 12.4 Å². The molecule has 0 bridgehead atoms. The van der Waals surface area contributed by atoms with Crippen molar-refractivity contribution in [3.63, 3.8) is 0 Å². The predicted octanol–water partition coefficient (Wildman–Crippen LogP) is 5.90. The minimum atomic E-state index is -0.0248. The van der Waals surface area contributed by atoms with Gasteiger partial charge in [-0.05, 0) is 54.1 Å². The van der Waals surface area contributed by atoms with Gasteiger partial charge in [0.1, 0.15) is 5.75 Å². The molecule has 0 aromatic heterocycles. The number of ether oxygens (including phenoxy) is 1. The molecule has 0 saturated heterocycles. The van der Waals surface area contributed by atoms with Crippen LogP contribution >= 0.6 is 15.9 Å². The van der Waals surface area contributed by atoms with Gasteiger partial charge in [0.15, 0.2) is 5.78 Å². The zero-order valence-electron chi connectivity index (χ0n) is 13.3. The molecule has 0 radical (unpaired) electrons. The number of rotatable bonds is 5. The van der Waals surface area contributed by atoms with Crippen LogP contribution < -0.4 is 4.74 Å². The average Bonchev–Trinajstić information content (AvgIpc) is 2.61. The lowest BCUT2D eigenvalue weighted by Gasteiger charge is -2.07. The van der Waals surface area contributed by atoms with Gasteiger partial charge in [0.05, 0.1) is 6.61 Å². The summed E-state index contributed by atoms with van der Waals surface area (Å²) in [5, 5.41) is 2.19. The largest absolute Gasteiger partial charge is 0.493 e. The van der Waals surface area contributed by atoms with Gasteiger partial charge < -0.3 is 4.74 Å². The van der Waals surface area contributed by atoms with Crippen LogP contribution in [0.2, 0.25) is 0 Å². The molecule has 3 aromatic carbocycles. The standard InChI is InChI=1S/C21H17BrO2/c1-2-24-21-12-10-19(22)14-18(21)9-11-20(23)17-8-7-15-5-3-4-6-16(15)13-17/h3-14H,2H2,1H3/b11-9+. The van der Waals surface area contributed by atoms with E-state index in [-0.39, 0.29) is 5.78 Å². The maximum Gasteiger partial charge on any atom is 0.185 e. The predicted molar refractivity (Wildman–Crippen MR) is 103 cm³/mol. The number of hydrogen-bond acceptors (Lipinski definition) is 2. The van der Waals surface area contributed by atoms with Crippen LogP contribution in [-0.2, 0) is 0 Å². The summed E-state index contributed by atoms with van der Waals surface area (Å²) in [5.41, 5.74) is 1.55. The quantitative estimate of drug-likeness (QED) is 0.407. The fraction of sp³-hybridized carbons (Fsp3) is 0.0952. The molecule has 0 fully saturated rings.